The average molecular weight is 253 g/mol. The molecule has 2 rings (SSSR count). The van der Waals surface area contributed by atoms with Crippen LogP contribution >= 0.6 is 0 Å². The van der Waals surface area contributed by atoms with Gasteiger partial charge in [-0.25, -0.2) is 9.18 Å². The summed E-state index contributed by atoms with van der Waals surface area (Å²) in [4.78, 5) is 13.0. The van der Waals surface area contributed by atoms with Gasteiger partial charge in [-0.3, -0.25) is 0 Å². The third-order valence-corrected chi connectivity index (χ3v) is 3.32. The zero-order chi connectivity index (χ0) is 13.1. The fraction of sp³-hybridized carbons (Fsp3) is 0.462. The molecule has 1 fully saturated rings. The molecule has 0 atom stereocenters. The highest BCUT2D eigenvalue weighted by Crippen LogP contribution is 2.26. The lowest BCUT2D eigenvalue weighted by Gasteiger charge is -2.33. The van der Waals surface area contributed by atoms with Gasteiger partial charge in [-0.15, -0.1) is 0 Å². The topological polar surface area (TPSA) is 49.8 Å². The van der Waals surface area contributed by atoms with Crippen LogP contribution in [0.2, 0.25) is 0 Å². The van der Waals surface area contributed by atoms with E-state index >= 15 is 0 Å². The Kier molecular flexibility index (Phi) is 3.81. The summed E-state index contributed by atoms with van der Waals surface area (Å²) in [5.41, 5.74) is 0.213. The Morgan fingerprint density at radius 2 is 2.11 bits per heavy atom. The van der Waals surface area contributed by atoms with E-state index in [-0.39, 0.29) is 11.7 Å². The molecule has 0 amide bonds. The number of hydrogen-bond acceptors (Lipinski definition) is 3. The van der Waals surface area contributed by atoms with Crippen molar-refractivity contribution in [2.45, 2.75) is 18.9 Å². The summed E-state index contributed by atoms with van der Waals surface area (Å²) in [5, 5.41) is 9.08. The summed E-state index contributed by atoms with van der Waals surface area (Å²) in [7, 11) is 1.67. The molecule has 0 bridgehead atoms. The number of nitrogens with zero attached hydrogens (tertiary/aromatic N) is 1. The minimum atomic E-state index is -1.23. The van der Waals surface area contributed by atoms with E-state index in [9.17, 15) is 9.18 Å². The number of rotatable bonds is 3. The predicted octanol–water partition coefficient (Wildman–Crippen LogP) is 2.14. The van der Waals surface area contributed by atoms with E-state index < -0.39 is 11.8 Å². The van der Waals surface area contributed by atoms with Gasteiger partial charge in [-0.1, -0.05) is 6.07 Å². The molecule has 0 saturated carbocycles. The minimum Gasteiger partial charge on any atom is -0.478 e. The smallest absolute Gasteiger partial charge is 0.340 e. The van der Waals surface area contributed by atoms with Crippen LogP contribution in [-0.2, 0) is 4.74 Å². The minimum absolute atomic E-state index is 0.211. The molecule has 1 aliphatic rings. The Hall–Kier alpha value is -1.62. The maximum atomic E-state index is 13.6. The lowest BCUT2D eigenvalue weighted by molar-refractivity contribution is 0.0691. The van der Waals surface area contributed by atoms with Gasteiger partial charge in [0.05, 0.1) is 11.8 Å². The van der Waals surface area contributed by atoms with Crippen molar-refractivity contribution >= 4 is 11.7 Å². The number of benzene rings is 1. The molecule has 0 spiro atoms. The van der Waals surface area contributed by atoms with Gasteiger partial charge in [0.2, 0.25) is 0 Å². The van der Waals surface area contributed by atoms with Gasteiger partial charge in [0.1, 0.15) is 11.4 Å². The van der Waals surface area contributed by atoms with E-state index in [1.807, 2.05) is 4.90 Å². The predicted molar refractivity (Wildman–Crippen MR) is 65.6 cm³/mol. The molecule has 0 radical (unpaired) electrons. The zero-order valence-corrected chi connectivity index (χ0v) is 10.2. The molecule has 1 heterocycles. The van der Waals surface area contributed by atoms with E-state index in [0.717, 1.165) is 12.8 Å². The standard InChI is InChI=1S/C13H16FNO3/c1-18-9-5-7-15(8-6-9)11-4-2-3-10(14)12(11)13(16)17/h2-4,9H,5-8H2,1H3,(H,16,17). The van der Waals surface area contributed by atoms with Crippen molar-refractivity contribution < 1.29 is 19.0 Å². The largest absolute Gasteiger partial charge is 0.478 e. The number of piperidine rings is 1. The van der Waals surface area contributed by atoms with E-state index in [1.54, 1.807) is 19.2 Å². The number of methoxy groups -OCH3 is 1. The van der Waals surface area contributed by atoms with Crippen molar-refractivity contribution in [3.63, 3.8) is 0 Å². The van der Waals surface area contributed by atoms with Gasteiger partial charge in [0.15, 0.2) is 0 Å². The van der Waals surface area contributed by atoms with Crippen molar-refractivity contribution in [3.05, 3.63) is 29.6 Å². The van der Waals surface area contributed by atoms with E-state index in [4.69, 9.17) is 9.84 Å². The number of ether oxygens (including phenoxy) is 1. The van der Waals surface area contributed by atoms with Crippen LogP contribution in [0.3, 0.4) is 0 Å². The third-order valence-electron chi connectivity index (χ3n) is 3.32. The molecule has 4 nitrogen and oxygen atoms in total. The SMILES string of the molecule is COC1CCN(c2cccc(F)c2C(=O)O)CC1. The van der Waals surface area contributed by atoms with Gasteiger partial charge in [-0.2, -0.15) is 0 Å². The van der Waals surface area contributed by atoms with E-state index in [2.05, 4.69) is 0 Å². The Balaban J connectivity index is 2.24. The Morgan fingerprint density at radius 1 is 1.44 bits per heavy atom. The fourth-order valence-electron chi connectivity index (χ4n) is 2.32. The van der Waals surface area contributed by atoms with Crippen molar-refractivity contribution in [2.75, 3.05) is 25.1 Å². The van der Waals surface area contributed by atoms with Crippen molar-refractivity contribution in [1.29, 1.82) is 0 Å². The van der Waals surface area contributed by atoms with Crippen LogP contribution in [-0.4, -0.2) is 37.4 Å². The molecule has 1 saturated heterocycles. The molecule has 0 aliphatic carbocycles. The number of hydrogen-bond donors (Lipinski definition) is 1. The van der Waals surface area contributed by atoms with Crippen molar-refractivity contribution in [3.8, 4) is 0 Å². The van der Waals surface area contributed by atoms with Crippen molar-refractivity contribution in [1.82, 2.24) is 0 Å². The number of anilines is 1. The van der Waals surface area contributed by atoms with Crippen molar-refractivity contribution in [2.24, 2.45) is 0 Å². The average Bonchev–Trinajstić information content (AvgIpc) is 2.38. The first-order valence-electron chi connectivity index (χ1n) is 5.93. The highest BCUT2D eigenvalue weighted by Gasteiger charge is 2.24. The summed E-state index contributed by atoms with van der Waals surface area (Å²) in [6.07, 6.45) is 1.86. The summed E-state index contributed by atoms with van der Waals surface area (Å²) >= 11 is 0. The number of halogens is 1. The third kappa shape index (κ3) is 2.46. The Bertz CT molecular complexity index is 442. The van der Waals surface area contributed by atoms with Gasteiger partial charge < -0.3 is 14.7 Å². The van der Waals surface area contributed by atoms with Crippen LogP contribution in [0.4, 0.5) is 10.1 Å². The number of carbonyl (C=O) groups is 1. The van der Waals surface area contributed by atoms with Crippen LogP contribution in [0.25, 0.3) is 0 Å². The molecule has 1 aromatic rings. The summed E-state index contributed by atoms with van der Waals surface area (Å²) in [5.74, 6) is -1.91. The van der Waals surface area contributed by atoms with Crippen LogP contribution in [0.15, 0.2) is 18.2 Å². The van der Waals surface area contributed by atoms with Gasteiger partial charge in [0.25, 0.3) is 0 Å². The molecule has 0 aromatic heterocycles. The second kappa shape index (κ2) is 5.35. The Labute approximate surface area is 105 Å². The van der Waals surface area contributed by atoms with Gasteiger partial charge in [-0.05, 0) is 25.0 Å². The summed E-state index contributed by atoms with van der Waals surface area (Å²) < 4.78 is 18.8. The molecular weight excluding hydrogens is 237 g/mol. The molecule has 0 unspecified atom stereocenters. The molecule has 98 valence electrons. The molecule has 1 aromatic carbocycles. The maximum Gasteiger partial charge on any atom is 0.340 e. The highest BCUT2D eigenvalue weighted by molar-refractivity contribution is 5.94. The lowest BCUT2D eigenvalue weighted by atomic mass is 10.0. The maximum absolute atomic E-state index is 13.6. The molecule has 1 N–H and O–H groups in total. The number of carboxylic acid groups (broad SMARTS) is 1. The van der Waals surface area contributed by atoms with Crippen LogP contribution in [0.5, 0.6) is 0 Å². The Morgan fingerprint density at radius 3 is 2.67 bits per heavy atom. The van der Waals surface area contributed by atoms with Crippen LogP contribution < -0.4 is 4.90 Å². The summed E-state index contributed by atoms with van der Waals surface area (Å²) in [6, 6.07) is 4.37. The van der Waals surface area contributed by atoms with Crippen LogP contribution in [0.1, 0.15) is 23.2 Å². The summed E-state index contributed by atoms with van der Waals surface area (Å²) in [6.45, 7) is 1.37. The van der Waals surface area contributed by atoms with Crippen LogP contribution in [0, 0.1) is 5.82 Å². The molecule has 5 heteroatoms. The van der Waals surface area contributed by atoms with E-state index in [0.29, 0.717) is 18.8 Å². The first kappa shape index (κ1) is 12.8. The number of carboxylic acids is 1. The first-order chi connectivity index (χ1) is 8.63. The quantitative estimate of drug-likeness (QED) is 0.896. The highest BCUT2D eigenvalue weighted by atomic mass is 19.1. The second-order valence-electron chi connectivity index (χ2n) is 4.36. The molecule has 1 aliphatic heterocycles. The number of aromatic carboxylic acids is 1. The fourth-order valence-corrected chi connectivity index (χ4v) is 2.32. The van der Waals surface area contributed by atoms with Gasteiger partial charge >= 0.3 is 5.97 Å². The molecule has 18 heavy (non-hydrogen) atoms. The second-order valence-corrected chi connectivity index (χ2v) is 4.36. The molecular formula is C13H16FNO3. The first-order valence-corrected chi connectivity index (χ1v) is 5.93. The normalized spacial score (nSPS) is 16.9. The van der Waals surface area contributed by atoms with E-state index in [1.165, 1.54) is 6.07 Å². The van der Waals surface area contributed by atoms with Gasteiger partial charge in [0, 0.05) is 20.2 Å². The zero-order valence-electron chi connectivity index (χ0n) is 10.2. The lowest BCUT2D eigenvalue weighted by Crippen LogP contribution is -2.37. The monoisotopic (exact) mass is 253 g/mol.